The molecule has 2 aliphatic carbocycles. The minimum absolute atomic E-state index is 0.0136. The minimum atomic E-state index is -4.65. The number of carbonyl (C=O) groups is 1. The molecule has 3 aliphatic rings. The first-order valence-corrected chi connectivity index (χ1v) is 12.5. The highest BCUT2D eigenvalue weighted by molar-refractivity contribution is 6.10. The van der Waals surface area contributed by atoms with Crippen LogP contribution in [-0.2, 0) is 31.6 Å². The fraction of sp³-hybridized carbons (Fsp3) is 0.444. The van der Waals surface area contributed by atoms with E-state index < -0.39 is 47.9 Å². The predicted molar refractivity (Wildman–Crippen MR) is 129 cm³/mol. The van der Waals surface area contributed by atoms with Gasteiger partial charge in [0.2, 0.25) is 5.92 Å². The van der Waals surface area contributed by atoms with Crippen molar-refractivity contribution in [1.29, 1.82) is 0 Å². The van der Waals surface area contributed by atoms with E-state index in [1.165, 1.54) is 17.3 Å². The maximum absolute atomic E-state index is 14.2. The van der Waals surface area contributed by atoms with Crippen molar-refractivity contribution in [3.05, 3.63) is 76.4 Å². The predicted octanol–water partition coefficient (Wildman–Crippen LogP) is 5.31. The first kappa shape index (κ1) is 25.0. The summed E-state index contributed by atoms with van der Waals surface area (Å²) in [5, 5.41) is 7.90. The number of rotatable bonds is 6. The molecule has 38 heavy (non-hydrogen) atoms. The Bertz CT molecular complexity index is 1420. The van der Waals surface area contributed by atoms with E-state index in [2.05, 4.69) is 10.2 Å². The number of hydrogen-bond acceptors (Lipinski definition) is 4. The highest BCUT2D eigenvalue weighted by atomic mass is 19.4. The van der Waals surface area contributed by atoms with Gasteiger partial charge in [0.15, 0.2) is 0 Å². The number of nitrogens with zero attached hydrogens (tertiary/aromatic N) is 4. The number of carbonyl (C=O) groups excluding carboxylic acids is 1. The molecule has 3 aromatic rings. The van der Waals surface area contributed by atoms with Gasteiger partial charge in [-0.25, -0.2) is 8.78 Å². The lowest BCUT2D eigenvalue weighted by molar-refractivity contribution is -0.138. The second-order valence-electron chi connectivity index (χ2n) is 10.9. The van der Waals surface area contributed by atoms with Crippen molar-refractivity contribution in [3.63, 3.8) is 0 Å². The van der Waals surface area contributed by atoms with E-state index in [1.807, 2.05) is 0 Å². The molecule has 11 heteroatoms. The van der Waals surface area contributed by atoms with E-state index >= 15 is 0 Å². The Labute approximate surface area is 215 Å². The molecule has 2 fully saturated rings. The molecule has 0 spiro atoms. The number of alkyl halides is 5. The lowest BCUT2D eigenvalue weighted by atomic mass is 9.60. The monoisotopic (exact) mass is 531 g/mol. The fourth-order valence-corrected chi connectivity index (χ4v) is 5.96. The number of aromatic nitrogens is 3. The molecule has 1 aliphatic heterocycles. The standard InChI is InChI=1S/C27H26F5N5O/c1-36-14-34-35-22(36)10-25(12-26(28,29)13-25)17-3-2-4-18(9-17)37-11-20-19(24(37)38)7-16(23(33)15-5-6-15)8-21(20)27(30,31)32/h2-4,7-9,14-15,23H,5-6,10-13,33H2,1H3/t23-/m0/s1. The zero-order chi connectivity index (χ0) is 27.0. The average molecular weight is 532 g/mol. The van der Waals surface area contributed by atoms with Crippen molar-refractivity contribution in [2.24, 2.45) is 18.7 Å². The van der Waals surface area contributed by atoms with E-state index in [9.17, 15) is 26.7 Å². The minimum Gasteiger partial charge on any atom is -0.324 e. The quantitative estimate of drug-likeness (QED) is 0.437. The van der Waals surface area contributed by atoms with Gasteiger partial charge in [-0.15, -0.1) is 10.2 Å². The van der Waals surface area contributed by atoms with Crippen LogP contribution in [0.3, 0.4) is 0 Å². The van der Waals surface area contributed by atoms with Gasteiger partial charge in [-0.1, -0.05) is 12.1 Å². The summed E-state index contributed by atoms with van der Waals surface area (Å²) < 4.78 is 72.2. The van der Waals surface area contributed by atoms with Crippen LogP contribution >= 0.6 is 0 Å². The van der Waals surface area contributed by atoms with Crippen molar-refractivity contribution >= 4 is 11.6 Å². The lowest BCUT2D eigenvalue weighted by Crippen LogP contribution is -2.51. The number of anilines is 1. The van der Waals surface area contributed by atoms with Crippen molar-refractivity contribution in [2.45, 2.75) is 62.2 Å². The maximum Gasteiger partial charge on any atom is 0.416 e. The zero-order valence-electron chi connectivity index (χ0n) is 20.6. The highest BCUT2D eigenvalue weighted by Crippen LogP contribution is 2.55. The van der Waals surface area contributed by atoms with E-state index in [0.29, 0.717) is 22.6 Å². The van der Waals surface area contributed by atoms with E-state index in [4.69, 9.17) is 5.73 Å². The van der Waals surface area contributed by atoms with Crippen LogP contribution in [0, 0.1) is 5.92 Å². The van der Waals surface area contributed by atoms with Gasteiger partial charge < -0.3 is 15.2 Å². The molecule has 200 valence electrons. The number of aryl methyl sites for hydroxylation is 1. The molecule has 6 nitrogen and oxygen atoms in total. The molecule has 2 saturated carbocycles. The molecule has 0 saturated heterocycles. The van der Waals surface area contributed by atoms with Gasteiger partial charge in [-0.2, -0.15) is 13.2 Å². The van der Waals surface area contributed by atoms with Crippen molar-refractivity contribution in [1.82, 2.24) is 14.8 Å². The number of amides is 1. The van der Waals surface area contributed by atoms with E-state index in [1.54, 1.807) is 35.9 Å². The number of hydrogen-bond donors (Lipinski definition) is 1. The fourth-order valence-electron chi connectivity index (χ4n) is 5.96. The molecule has 0 bridgehead atoms. The summed E-state index contributed by atoms with van der Waals surface area (Å²) in [6, 6.07) is 8.62. The van der Waals surface area contributed by atoms with Crippen LogP contribution in [0.4, 0.5) is 27.6 Å². The van der Waals surface area contributed by atoms with Gasteiger partial charge in [0.1, 0.15) is 12.2 Å². The molecule has 2 N–H and O–H groups in total. The number of nitrogens with two attached hydrogens (primary N) is 1. The van der Waals surface area contributed by atoms with Crippen LogP contribution in [0.5, 0.6) is 0 Å². The molecular formula is C27H26F5N5O. The van der Waals surface area contributed by atoms with Crippen LogP contribution in [0.1, 0.15) is 70.2 Å². The summed E-state index contributed by atoms with van der Waals surface area (Å²) in [4.78, 5) is 14.7. The van der Waals surface area contributed by atoms with Gasteiger partial charge >= 0.3 is 6.18 Å². The second kappa shape index (κ2) is 8.33. The largest absolute Gasteiger partial charge is 0.416 e. The van der Waals surface area contributed by atoms with Crippen molar-refractivity contribution in [3.8, 4) is 0 Å². The molecule has 1 amide bonds. The SMILES string of the molecule is Cn1cnnc1CC1(c2cccc(N3Cc4c(cc([C@@H](N)C5CC5)cc4C(F)(F)F)C3=O)c2)CC(F)(F)C1. The third-order valence-corrected chi connectivity index (χ3v) is 8.15. The van der Waals surface area contributed by atoms with Gasteiger partial charge in [0, 0.05) is 49.0 Å². The Kier molecular flexibility index (Phi) is 5.47. The molecular weight excluding hydrogens is 505 g/mol. The maximum atomic E-state index is 14.2. The third-order valence-electron chi connectivity index (χ3n) is 8.15. The number of benzene rings is 2. The van der Waals surface area contributed by atoms with Crippen LogP contribution in [0.25, 0.3) is 0 Å². The molecule has 1 aromatic heterocycles. The highest BCUT2D eigenvalue weighted by Gasteiger charge is 2.57. The van der Waals surface area contributed by atoms with Gasteiger partial charge in [-0.3, -0.25) is 4.79 Å². The molecule has 6 rings (SSSR count). The second-order valence-corrected chi connectivity index (χ2v) is 10.9. The van der Waals surface area contributed by atoms with Crippen molar-refractivity contribution < 1.29 is 26.7 Å². The molecule has 0 unspecified atom stereocenters. The van der Waals surface area contributed by atoms with Gasteiger partial charge in [0.25, 0.3) is 5.91 Å². The van der Waals surface area contributed by atoms with E-state index in [-0.39, 0.29) is 30.0 Å². The Morgan fingerprint density at radius 3 is 2.50 bits per heavy atom. The Morgan fingerprint density at radius 1 is 1.16 bits per heavy atom. The van der Waals surface area contributed by atoms with Crippen molar-refractivity contribution in [2.75, 3.05) is 4.90 Å². The molecule has 2 heterocycles. The normalized spacial score (nSPS) is 20.8. The van der Waals surface area contributed by atoms with Gasteiger partial charge in [-0.05, 0) is 59.7 Å². The summed E-state index contributed by atoms with van der Waals surface area (Å²) >= 11 is 0. The van der Waals surface area contributed by atoms with Crippen LogP contribution in [0.2, 0.25) is 0 Å². The van der Waals surface area contributed by atoms with Crippen LogP contribution < -0.4 is 10.6 Å². The first-order chi connectivity index (χ1) is 17.9. The third kappa shape index (κ3) is 4.16. The van der Waals surface area contributed by atoms with Crippen LogP contribution in [0.15, 0.2) is 42.7 Å². The molecule has 0 radical (unpaired) electrons. The topological polar surface area (TPSA) is 77.0 Å². The van der Waals surface area contributed by atoms with E-state index in [0.717, 1.165) is 18.9 Å². The van der Waals surface area contributed by atoms with Gasteiger partial charge in [0.05, 0.1) is 12.1 Å². The Morgan fingerprint density at radius 2 is 1.89 bits per heavy atom. The summed E-state index contributed by atoms with van der Waals surface area (Å²) in [6.45, 7) is -0.266. The summed E-state index contributed by atoms with van der Waals surface area (Å²) in [6.07, 6.45) is -2.03. The summed E-state index contributed by atoms with van der Waals surface area (Å²) in [5.74, 6) is -2.74. The Balaban J connectivity index is 1.36. The van der Waals surface area contributed by atoms with Crippen LogP contribution in [-0.4, -0.2) is 26.6 Å². The zero-order valence-corrected chi connectivity index (χ0v) is 20.6. The Hall–Kier alpha value is -3.34. The first-order valence-electron chi connectivity index (χ1n) is 12.5. The summed E-state index contributed by atoms with van der Waals surface area (Å²) in [5.41, 5.74) is 5.56. The average Bonchev–Trinajstić information content (AvgIpc) is 3.54. The molecule has 2 aromatic carbocycles. The number of fused-ring (bicyclic) bond motifs is 1. The smallest absolute Gasteiger partial charge is 0.324 e. The molecule has 1 atom stereocenters. The number of halogens is 5. The summed E-state index contributed by atoms with van der Waals surface area (Å²) in [7, 11) is 1.73. The lowest BCUT2D eigenvalue weighted by Gasteiger charge is -2.48.